The summed E-state index contributed by atoms with van der Waals surface area (Å²) >= 11 is 0. The van der Waals surface area contributed by atoms with E-state index in [1.165, 1.54) is 19.3 Å². The van der Waals surface area contributed by atoms with Crippen molar-refractivity contribution in [1.29, 1.82) is 0 Å². The van der Waals surface area contributed by atoms with Gasteiger partial charge in [-0.2, -0.15) is 0 Å². The minimum Gasteiger partial charge on any atom is -0.361 e. The van der Waals surface area contributed by atoms with E-state index >= 15 is 0 Å². The van der Waals surface area contributed by atoms with Crippen LogP contribution < -0.4 is 10.6 Å². The molecule has 0 aliphatic carbocycles. The first-order valence-corrected chi connectivity index (χ1v) is 9.04. The molecule has 0 saturated heterocycles. The predicted molar refractivity (Wildman–Crippen MR) is 95.2 cm³/mol. The minimum atomic E-state index is 0.536. The standard InChI is InChI=1S/C17H27N7O/c1-4-18-17(19-10-14-12(2)23-25-13(14)3)20-11-16-22-21-15-8-6-5-7-9-24(15)16/h4-11H2,1-3H3,(H2,18,19,20). The van der Waals surface area contributed by atoms with Crippen molar-refractivity contribution in [3.8, 4) is 0 Å². The van der Waals surface area contributed by atoms with E-state index < -0.39 is 0 Å². The summed E-state index contributed by atoms with van der Waals surface area (Å²) in [5.74, 6) is 3.65. The third kappa shape index (κ3) is 4.18. The number of hydrogen-bond acceptors (Lipinski definition) is 5. The lowest BCUT2D eigenvalue weighted by atomic mass is 10.2. The van der Waals surface area contributed by atoms with E-state index in [4.69, 9.17) is 4.52 Å². The molecule has 0 aromatic carbocycles. The van der Waals surface area contributed by atoms with Crippen molar-refractivity contribution in [2.75, 3.05) is 6.54 Å². The van der Waals surface area contributed by atoms with E-state index in [1.807, 2.05) is 13.8 Å². The van der Waals surface area contributed by atoms with Gasteiger partial charge in [0, 0.05) is 25.1 Å². The lowest BCUT2D eigenvalue weighted by molar-refractivity contribution is 0.392. The van der Waals surface area contributed by atoms with Crippen LogP contribution in [0.3, 0.4) is 0 Å². The zero-order chi connectivity index (χ0) is 17.6. The average Bonchev–Trinajstić information content (AvgIpc) is 3.04. The van der Waals surface area contributed by atoms with Gasteiger partial charge in [-0.1, -0.05) is 11.6 Å². The number of aromatic nitrogens is 4. The van der Waals surface area contributed by atoms with Gasteiger partial charge in [0.25, 0.3) is 0 Å². The van der Waals surface area contributed by atoms with E-state index in [0.717, 1.165) is 54.1 Å². The van der Waals surface area contributed by atoms with Gasteiger partial charge in [0.15, 0.2) is 11.8 Å². The van der Waals surface area contributed by atoms with Gasteiger partial charge in [-0.15, -0.1) is 10.2 Å². The smallest absolute Gasteiger partial charge is 0.191 e. The number of rotatable bonds is 5. The summed E-state index contributed by atoms with van der Waals surface area (Å²) < 4.78 is 7.45. The Labute approximate surface area is 148 Å². The fourth-order valence-electron chi connectivity index (χ4n) is 3.07. The topological polar surface area (TPSA) is 93.2 Å². The molecule has 0 spiro atoms. The molecule has 8 heteroatoms. The molecule has 2 aromatic rings. The van der Waals surface area contributed by atoms with E-state index in [-0.39, 0.29) is 0 Å². The Bertz CT molecular complexity index is 712. The van der Waals surface area contributed by atoms with Gasteiger partial charge in [0.1, 0.15) is 11.6 Å². The number of fused-ring (bicyclic) bond motifs is 1. The molecule has 2 aromatic heterocycles. The summed E-state index contributed by atoms with van der Waals surface area (Å²) in [6.07, 6.45) is 4.68. The van der Waals surface area contributed by atoms with Crippen LogP contribution in [0.2, 0.25) is 0 Å². The Kier molecular flexibility index (Phi) is 5.67. The van der Waals surface area contributed by atoms with Crippen molar-refractivity contribution in [2.24, 2.45) is 4.99 Å². The summed E-state index contributed by atoms with van der Waals surface area (Å²) in [6, 6.07) is 0. The first kappa shape index (κ1) is 17.4. The van der Waals surface area contributed by atoms with Crippen LogP contribution in [0.5, 0.6) is 0 Å². The quantitative estimate of drug-likeness (QED) is 0.635. The monoisotopic (exact) mass is 345 g/mol. The van der Waals surface area contributed by atoms with Crippen molar-refractivity contribution in [2.45, 2.75) is 66.1 Å². The molecule has 0 fully saturated rings. The fourth-order valence-corrected chi connectivity index (χ4v) is 3.07. The van der Waals surface area contributed by atoms with Crippen LogP contribution in [0, 0.1) is 13.8 Å². The van der Waals surface area contributed by atoms with Gasteiger partial charge >= 0.3 is 0 Å². The molecule has 136 valence electrons. The normalized spacial score (nSPS) is 14.9. The van der Waals surface area contributed by atoms with Gasteiger partial charge < -0.3 is 19.7 Å². The van der Waals surface area contributed by atoms with Crippen LogP contribution in [-0.2, 0) is 26.1 Å². The summed E-state index contributed by atoms with van der Waals surface area (Å²) in [5.41, 5.74) is 1.92. The van der Waals surface area contributed by atoms with E-state index in [9.17, 15) is 0 Å². The first-order chi connectivity index (χ1) is 12.2. The van der Waals surface area contributed by atoms with E-state index in [0.29, 0.717) is 13.1 Å². The molecular formula is C17H27N7O. The highest BCUT2D eigenvalue weighted by Gasteiger charge is 2.15. The highest BCUT2D eigenvalue weighted by Crippen LogP contribution is 2.15. The molecule has 0 radical (unpaired) electrons. The molecule has 3 heterocycles. The van der Waals surface area contributed by atoms with Crippen LogP contribution in [0.15, 0.2) is 9.52 Å². The molecule has 25 heavy (non-hydrogen) atoms. The molecule has 1 aliphatic rings. The van der Waals surface area contributed by atoms with Crippen molar-refractivity contribution in [3.63, 3.8) is 0 Å². The molecule has 0 unspecified atom stereocenters. The summed E-state index contributed by atoms with van der Waals surface area (Å²) in [6.45, 7) is 8.85. The molecule has 0 saturated carbocycles. The highest BCUT2D eigenvalue weighted by atomic mass is 16.5. The second-order valence-corrected chi connectivity index (χ2v) is 6.35. The second kappa shape index (κ2) is 8.13. The highest BCUT2D eigenvalue weighted by molar-refractivity contribution is 5.79. The number of aryl methyl sites for hydroxylation is 3. The summed E-state index contributed by atoms with van der Waals surface area (Å²) in [4.78, 5) is 4.64. The Morgan fingerprint density at radius 1 is 1.20 bits per heavy atom. The zero-order valence-electron chi connectivity index (χ0n) is 15.3. The number of nitrogens with one attached hydrogen (secondary N) is 2. The number of aliphatic imine (C=N–C) groups is 1. The number of hydrogen-bond donors (Lipinski definition) is 2. The molecular weight excluding hydrogens is 318 g/mol. The van der Waals surface area contributed by atoms with Crippen molar-refractivity contribution >= 4 is 5.96 Å². The third-order valence-corrected chi connectivity index (χ3v) is 4.52. The van der Waals surface area contributed by atoms with Gasteiger partial charge in [0.05, 0.1) is 18.8 Å². The predicted octanol–water partition coefficient (Wildman–Crippen LogP) is 1.86. The molecule has 1 aliphatic heterocycles. The van der Waals surface area contributed by atoms with Gasteiger partial charge in [0.2, 0.25) is 0 Å². The largest absolute Gasteiger partial charge is 0.361 e. The average molecular weight is 345 g/mol. The van der Waals surface area contributed by atoms with Gasteiger partial charge in [-0.25, -0.2) is 4.99 Å². The lowest BCUT2D eigenvalue weighted by Crippen LogP contribution is -2.37. The maximum Gasteiger partial charge on any atom is 0.191 e. The molecule has 0 atom stereocenters. The van der Waals surface area contributed by atoms with E-state index in [1.54, 1.807) is 0 Å². The van der Waals surface area contributed by atoms with Gasteiger partial charge in [-0.05, 0) is 33.6 Å². The minimum absolute atomic E-state index is 0.536. The maximum absolute atomic E-state index is 5.20. The number of guanidine groups is 1. The van der Waals surface area contributed by atoms with Crippen LogP contribution in [0.1, 0.15) is 54.9 Å². The molecule has 8 nitrogen and oxygen atoms in total. The van der Waals surface area contributed by atoms with E-state index in [2.05, 4.69) is 42.5 Å². The molecule has 2 N–H and O–H groups in total. The number of nitrogens with zero attached hydrogens (tertiary/aromatic N) is 5. The Balaban J connectivity index is 1.66. The Morgan fingerprint density at radius 3 is 2.84 bits per heavy atom. The fraction of sp³-hybridized carbons (Fsp3) is 0.647. The zero-order valence-corrected chi connectivity index (χ0v) is 15.3. The summed E-state index contributed by atoms with van der Waals surface area (Å²) in [7, 11) is 0. The second-order valence-electron chi connectivity index (χ2n) is 6.35. The van der Waals surface area contributed by atoms with Crippen molar-refractivity contribution < 1.29 is 4.52 Å². The molecule has 0 amide bonds. The maximum atomic E-state index is 5.20. The van der Waals surface area contributed by atoms with Crippen LogP contribution >= 0.6 is 0 Å². The SMILES string of the molecule is CCNC(=NCc1c(C)noc1C)NCc1nnc2n1CCCCC2. The van der Waals surface area contributed by atoms with Crippen LogP contribution in [0.25, 0.3) is 0 Å². The van der Waals surface area contributed by atoms with Gasteiger partial charge in [-0.3, -0.25) is 0 Å². The van der Waals surface area contributed by atoms with Crippen LogP contribution in [0.4, 0.5) is 0 Å². The summed E-state index contributed by atoms with van der Waals surface area (Å²) in [5, 5.41) is 19.3. The third-order valence-electron chi connectivity index (χ3n) is 4.52. The lowest BCUT2D eigenvalue weighted by Gasteiger charge is -2.12. The Hall–Kier alpha value is -2.38. The molecule has 3 rings (SSSR count). The molecule has 0 bridgehead atoms. The van der Waals surface area contributed by atoms with Crippen molar-refractivity contribution in [1.82, 2.24) is 30.6 Å². The Morgan fingerprint density at radius 2 is 2.08 bits per heavy atom. The first-order valence-electron chi connectivity index (χ1n) is 9.04. The van der Waals surface area contributed by atoms with Crippen LogP contribution in [-0.4, -0.2) is 32.4 Å². The van der Waals surface area contributed by atoms with Crippen molar-refractivity contribution in [3.05, 3.63) is 28.7 Å².